The van der Waals surface area contributed by atoms with Gasteiger partial charge in [-0.25, -0.2) is 4.98 Å². The Kier molecular flexibility index (Phi) is 8.81. The number of methoxy groups -OCH3 is 1. The van der Waals surface area contributed by atoms with Crippen molar-refractivity contribution in [3.63, 3.8) is 0 Å². The lowest BCUT2D eigenvalue weighted by atomic mass is 9.89. The molecule has 240 valence electrons. The molecular weight excluding hydrogens is 593 g/mol. The second-order valence-electron chi connectivity index (χ2n) is 11.3. The predicted molar refractivity (Wildman–Crippen MR) is 159 cm³/mol. The Balaban J connectivity index is 1.15. The highest BCUT2D eigenvalue weighted by Crippen LogP contribution is 2.37. The van der Waals surface area contributed by atoms with Gasteiger partial charge in [-0.05, 0) is 49.9 Å². The minimum atomic E-state index is -4.75. The number of morpholine rings is 1. The lowest BCUT2D eigenvalue weighted by molar-refractivity contribution is -0.137. The molecule has 0 radical (unpaired) electrons. The second kappa shape index (κ2) is 12.9. The summed E-state index contributed by atoms with van der Waals surface area (Å²) in [5, 5.41) is 11.4. The zero-order valence-electron chi connectivity index (χ0n) is 24.7. The molecular formula is C30H35F3N8O4. The molecule has 45 heavy (non-hydrogen) atoms. The molecule has 4 N–H and O–H groups in total. The Hall–Kier alpha value is -4.37. The molecule has 6 rings (SSSR count). The maximum absolute atomic E-state index is 13.9. The average Bonchev–Trinajstić information content (AvgIpc) is 3.45. The minimum absolute atomic E-state index is 0.0718. The molecule has 2 amide bonds. The van der Waals surface area contributed by atoms with Crippen LogP contribution in [0.15, 0.2) is 36.7 Å². The van der Waals surface area contributed by atoms with Crippen LogP contribution in [0.2, 0.25) is 0 Å². The molecule has 2 aromatic heterocycles. The van der Waals surface area contributed by atoms with E-state index < -0.39 is 23.5 Å². The molecule has 4 heterocycles. The monoisotopic (exact) mass is 628 g/mol. The lowest BCUT2D eigenvalue weighted by Gasteiger charge is -2.38. The van der Waals surface area contributed by atoms with E-state index in [1.54, 1.807) is 29.0 Å². The van der Waals surface area contributed by atoms with Gasteiger partial charge in [0.15, 0.2) is 0 Å². The van der Waals surface area contributed by atoms with Gasteiger partial charge in [0.2, 0.25) is 5.95 Å². The molecule has 3 aliphatic rings. The number of carbonyl (C=O) groups excluding carboxylic acids is 2. The molecule has 3 aromatic rings. The fourth-order valence-corrected chi connectivity index (χ4v) is 6.11. The van der Waals surface area contributed by atoms with Crippen LogP contribution in [0.4, 0.5) is 36.3 Å². The van der Waals surface area contributed by atoms with Gasteiger partial charge in [-0.2, -0.15) is 18.2 Å². The van der Waals surface area contributed by atoms with Gasteiger partial charge in [0.05, 0.1) is 31.7 Å². The van der Waals surface area contributed by atoms with Crippen molar-refractivity contribution in [1.29, 1.82) is 0 Å². The van der Waals surface area contributed by atoms with Crippen LogP contribution in [-0.2, 0) is 17.5 Å². The molecule has 0 spiro atoms. The molecule has 1 aromatic carbocycles. The number of carbonyl (C=O) groups is 2. The summed E-state index contributed by atoms with van der Waals surface area (Å²) in [4.78, 5) is 35.9. The zero-order chi connectivity index (χ0) is 31.6. The molecule has 12 nitrogen and oxygen atoms in total. The Bertz CT molecular complexity index is 1550. The highest BCUT2D eigenvalue weighted by Gasteiger charge is 2.36. The number of nitrogens with zero attached hydrogens (tertiary/aromatic N) is 4. The number of halogens is 3. The van der Waals surface area contributed by atoms with Gasteiger partial charge >= 0.3 is 6.18 Å². The highest BCUT2D eigenvalue weighted by atomic mass is 19.4. The van der Waals surface area contributed by atoms with Gasteiger partial charge in [-0.15, -0.1) is 0 Å². The van der Waals surface area contributed by atoms with Gasteiger partial charge in [-0.3, -0.25) is 14.5 Å². The van der Waals surface area contributed by atoms with E-state index in [0.29, 0.717) is 36.6 Å². The summed E-state index contributed by atoms with van der Waals surface area (Å²) >= 11 is 0. The van der Waals surface area contributed by atoms with E-state index in [0.717, 1.165) is 52.0 Å². The number of fused-ring (bicyclic) bond motifs is 1. The van der Waals surface area contributed by atoms with Crippen LogP contribution in [0, 0.1) is 0 Å². The Morgan fingerprint density at radius 3 is 2.58 bits per heavy atom. The van der Waals surface area contributed by atoms with Crippen LogP contribution in [0.1, 0.15) is 52.1 Å². The van der Waals surface area contributed by atoms with Crippen molar-refractivity contribution in [2.45, 2.75) is 50.5 Å². The quantitative estimate of drug-likeness (QED) is 0.293. The molecule has 1 saturated carbocycles. The van der Waals surface area contributed by atoms with Gasteiger partial charge in [0.25, 0.3) is 11.8 Å². The van der Waals surface area contributed by atoms with Crippen LogP contribution in [-0.4, -0.2) is 83.3 Å². The number of anilines is 4. The molecule has 2 aliphatic heterocycles. The van der Waals surface area contributed by atoms with Crippen LogP contribution >= 0.6 is 0 Å². The summed E-state index contributed by atoms with van der Waals surface area (Å²) in [7, 11) is 1.43. The number of hydrogen-bond acceptors (Lipinski definition) is 9. The number of amides is 2. The van der Waals surface area contributed by atoms with Gasteiger partial charge in [0, 0.05) is 56.2 Å². The Labute approximate surface area is 257 Å². The standard InChI is InChI=1S/C30H35F3N8O4/c1-44-24-16-18(27(42)36-19-3-5-20(6-4-19)40-12-14-45-15-13-40)2-7-22(24)38-29-35-17-21(30(31,32)33)26(39-29)37-23-8-10-41-11-9-34-28(43)25(23)41/h2,7-8,10,16-17,19-20H,3-6,9,11-15H2,1H3,(H,34,43)(H,36,42)(H2,35,37,38,39). The molecule has 2 fully saturated rings. The largest absolute Gasteiger partial charge is 0.495 e. The topological polar surface area (TPSA) is 135 Å². The number of benzene rings is 1. The van der Waals surface area contributed by atoms with Crippen LogP contribution in [0.3, 0.4) is 0 Å². The number of rotatable bonds is 8. The Morgan fingerprint density at radius 1 is 1.07 bits per heavy atom. The predicted octanol–water partition coefficient (Wildman–Crippen LogP) is 3.91. The minimum Gasteiger partial charge on any atom is -0.495 e. The number of nitrogens with one attached hydrogen (secondary N) is 4. The van der Waals surface area contributed by atoms with Crippen molar-refractivity contribution >= 4 is 35.0 Å². The third kappa shape index (κ3) is 6.83. The first-order chi connectivity index (χ1) is 21.7. The first-order valence-electron chi connectivity index (χ1n) is 15.0. The molecule has 0 bridgehead atoms. The van der Waals surface area contributed by atoms with Gasteiger partial charge in [-0.1, -0.05) is 0 Å². The zero-order valence-corrected chi connectivity index (χ0v) is 24.7. The van der Waals surface area contributed by atoms with E-state index in [1.807, 2.05) is 0 Å². The van der Waals surface area contributed by atoms with Gasteiger partial charge < -0.3 is 35.3 Å². The normalized spacial score (nSPS) is 20.6. The van der Waals surface area contributed by atoms with Gasteiger partial charge in [0.1, 0.15) is 22.8 Å². The fourth-order valence-electron chi connectivity index (χ4n) is 6.11. The van der Waals surface area contributed by atoms with Crippen molar-refractivity contribution in [3.8, 4) is 5.75 Å². The van der Waals surface area contributed by atoms with E-state index >= 15 is 0 Å². The third-order valence-corrected chi connectivity index (χ3v) is 8.47. The number of ether oxygens (including phenoxy) is 2. The summed E-state index contributed by atoms with van der Waals surface area (Å²) in [5.41, 5.74) is 0.0433. The number of hydrogen-bond donors (Lipinski definition) is 4. The molecule has 15 heteroatoms. The molecule has 0 atom stereocenters. The van der Waals surface area contributed by atoms with E-state index in [9.17, 15) is 22.8 Å². The van der Waals surface area contributed by atoms with Crippen LogP contribution in [0.5, 0.6) is 5.75 Å². The van der Waals surface area contributed by atoms with Crippen molar-refractivity contribution in [2.75, 3.05) is 50.6 Å². The molecule has 0 unspecified atom stereocenters. The van der Waals surface area contributed by atoms with E-state index in [-0.39, 0.29) is 35.0 Å². The highest BCUT2D eigenvalue weighted by molar-refractivity contribution is 5.99. The van der Waals surface area contributed by atoms with Crippen molar-refractivity contribution in [1.82, 2.24) is 30.1 Å². The number of alkyl halides is 3. The summed E-state index contributed by atoms with van der Waals surface area (Å²) in [6.07, 6.45) is 1.36. The fraction of sp³-hybridized carbons (Fsp3) is 0.467. The van der Waals surface area contributed by atoms with Crippen molar-refractivity contribution in [2.24, 2.45) is 0 Å². The van der Waals surface area contributed by atoms with E-state index in [4.69, 9.17) is 9.47 Å². The first kappa shape index (κ1) is 30.6. The summed E-state index contributed by atoms with van der Waals surface area (Å²) < 4.78 is 54.2. The van der Waals surface area contributed by atoms with Crippen molar-refractivity contribution < 1.29 is 32.2 Å². The van der Waals surface area contributed by atoms with Crippen LogP contribution < -0.4 is 26.0 Å². The SMILES string of the molecule is COc1cc(C(=O)NC2CCC(N3CCOCC3)CC2)ccc1Nc1ncc(C(F)(F)F)c(Nc2ccn3c2C(=O)NCC3)n1. The second-order valence-corrected chi connectivity index (χ2v) is 11.3. The first-order valence-corrected chi connectivity index (χ1v) is 15.0. The molecule has 1 aliphatic carbocycles. The van der Waals surface area contributed by atoms with Crippen LogP contribution in [0.25, 0.3) is 0 Å². The van der Waals surface area contributed by atoms with Crippen molar-refractivity contribution in [3.05, 3.63) is 53.5 Å². The average molecular weight is 629 g/mol. The molecule has 1 saturated heterocycles. The lowest BCUT2D eigenvalue weighted by Crippen LogP contribution is -2.47. The summed E-state index contributed by atoms with van der Waals surface area (Å²) in [5.74, 6) is -1.01. The maximum Gasteiger partial charge on any atom is 0.421 e. The summed E-state index contributed by atoms with van der Waals surface area (Å²) in [6.45, 7) is 4.35. The van der Waals surface area contributed by atoms with E-state index in [2.05, 4.69) is 36.1 Å². The van der Waals surface area contributed by atoms with E-state index in [1.165, 1.54) is 13.2 Å². The Morgan fingerprint density at radius 2 is 1.84 bits per heavy atom. The summed E-state index contributed by atoms with van der Waals surface area (Å²) in [6, 6.07) is 6.87. The number of aromatic nitrogens is 3. The maximum atomic E-state index is 13.9. The third-order valence-electron chi connectivity index (χ3n) is 8.47. The smallest absolute Gasteiger partial charge is 0.421 e.